The van der Waals surface area contributed by atoms with Gasteiger partial charge in [-0.3, -0.25) is 9.59 Å². The van der Waals surface area contributed by atoms with E-state index in [2.05, 4.69) is 0 Å². The topological polar surface area (TPSA) is 40.6 Å². The van der Waals surface area contributed by atoms with Gasteiger partial charge in [0.15, 0.2) is 0 Å². The molecule has 0 radical (unpaired) electrons. The quantitative estimate of drug-likeness (QED) is 0.850. The molecular weight excluding hydrogens is 316 g/mol. The van der Waals surface area contributed by atoms with Crippen LogP contribution in [0.1, 0.15) is 11.1 Å². The molecule has 2 aliphatic heterocycles. The van der Waals surface area contributed by atoms with Crippen LogP contribution < -0.4 is 0 Å². The maximum absolute atomic E-state index is 12.7. The van der Waals surface area contributed by atoms with Gasteiger partial charge in [-0.25, -0.2) is 0 Å². The molecule has 2 aromatic rings. The monoisotopic (exact) mass is 328 g/mol. The van der Waals surface area contributed by atoms with Crippen LogP contribution in [0.5, 0.6) is 0 Å². The van der Waals surface area contributed by atoms with E-state index < -0.39 is 0 Å². The summed E-state index contributed by atoms with van der Waals surface area (Å²) in [6.07, 6.45) is 0. The molecule has 0 spiro atoms. The van der Waals surface area contributed by atoms with E-state index in [1.54, 1.807) is 46.6 Å². The van der Waals surface area contributed by atoms with Crippen molar-refractivity contribution in [2.75, 3.05) is 14.1 Å². The number of hydrogen-bond acceptors (Lipinski definition) is 4. The maximum atomic E-state index is 12.7. The number of fused-ring (bicyclic) bond motifs is 1. The van der Waals surface area contributed by atoms with Crippen molar-refractivity contribution in [3.8, 4) is 0 Å². The van der Waals surface area contributed by atoms with Gasteiger partial charge in [-0.2, -0.15) is 22.7 Å². The van der Waals surface area contributed by atoms with Crippen LogP contribution in [0.15, 0.2) is 44.8 Å². The van der Waals surface area contributed by atoms with Crippen LogP contribution in [0.4, 0.5) is 0 Å². The van der Waals surface area contributed by atoms with E-state index in [1.807, 2.05) is 33.7 Å². The molecule has 2 aliphatic rings. The number of thiophene rings is 2. The second-order valence-corrected chi connectivity index (χ2v) is 6.76. The van der Waals surface area contributed by atoms with Crippen LogP contribution in [0, 0.1) is 0 Å². The van der Waals surface area contributed by atoms with Crippen molar-refractivity contribution in [1.82, 2.24) is 9.80 Å². The summed E-state index contributed by atoms with van der Waals surface area (Å²) in [6, 6.07) is 3.88. The fourth-order valence-electron chi connectivity index (χ4n) is 3.00. The van der Waals surface area contributed by atoms with Crippen molar-refractivity contribution in [1.29, 1.82) is 0 Å². The van der Waals surface area contributed by atoms with Crippen LogP contribution >= 0.6 is 22.7 Å². The first-order chi connectivity index (χ1) is 10.6. The largest absolute Gasteiger partial charge is 0.310 e. The first kappa shape index (κ1) is 13.5. The molecule has 22 heavy (non-hydrogen) atoms. The predicted octanol–water partition coefficient (Wildman–Crippen LogP) is 2.88. The lowest BCUT2D eigenvalue weighted by atomic mass is 10.0. The summed E-state index contributed by atoms with van der Waals surface area (Å²) in [7, 11) is 3.46. The highest BCUT2D eigenvalue weighted by atomic mass is 32.1. The molecule has 0 unspecified atom stereocenters. The fraction of sp³-hybridized carbons (Fsp3) is 0.125. The molecule has 0 aromatic carbocycles. The summed E-state index contributed by atoms with van der Waals surface area (Å²) in [6.45, 7) is 0. The zero-order chi connectivity index (χ0) is 15.4. The van der Waals surface area contributed by atoms with Gasteiger partial charge in [-0.05, 0) is 22.9 Å². The molecule has 0 aliphatic carbocycles. The molecule has 0 atom stereocenters. The van der Waals surface area contributed by atoms with Crippen LogP contribution in [-0.4, -0.2) is 35.7 Å². The minimum atomic E-state index is -0.116. The third-order valence-corrected chi connectivity index (χ3v) is 5.39. The number of likely N-dealkylation sites (N-methyl/N-ethyl adjacent to an activating group) is 2. The summed E-state index contributed by atoms with van der Waals surface area (Å²) in [5, 5.41) is 7.83. The molecule has 0 fully saturated rings. The predicted molar refractivity (Wildman–Crippen MR) is 88.0 cm³/mol. The fourth-order valence-corrected chi connectivity index (χ4v) is 4.28. The number of carbonyl (C=O) groups is 2. The van der Waals surface area contributed by atoms with Gasteiger partial charge in [0.25, 0.3) is 11.8 Å². The lowest BCUT2D eigenvalue weighted by Gasteiger charge is -2.18. The zero-order valence-corrected chi connectivity index (χ0v) is 13.6. The highest BCUT2D eigenvalue weighted by molar-refractivity contribution is 7.08. The molecule has 110 valence electrons. The Kier molecular flexibility index (Phi) is 2.85. The van der Waals surface area contributed by atoms with Gasteiger partial charge in [-0.15, -0.1) is 0 Å². The third-order valence-electron chi connectivity index (χ3n) is 4.02. The number of hydrogen-bond donors (Lipinski definition) is 0. The summed E-state index contributed by atoms with van der Waals surface area (Å²) in [4.78, 5) is 28.7. The molecule has 6 heteroatoms. The van der Waals surface area contributed by atoms with Crippen LogP contribution in [0.2, 0.25) is 0 Å². The van der Waals surface area contributed by atoms with Crippen molar-refractivity contribution >= 4 is 45.9 Å². The molecule has 0 N–H and O–H groups in total. The minimum absolute atomic E-state index is 0.116. The summed E-state index contributed by atoms with van der Waals surface area (Å²) in [5.74, 6) is -0.231. The second kappa shape index (κ2) is 4.66. The molecule has 0 saturated heterocycles. The van der Waals surface area contributed by atoms with E-state index >= 15 is 0 Å². The Morgan fingerprint density at radius 1 is 0.773 bits per heavy atom. The first-order valence-electron chi connectivity index (χ1n) is 6.71. The second-order valence-electron chi connectivity index (χ2n) is 5.20. The van der Waals surface area contributed by atoms with Gasteiger partial charge >= 0.3 is 0 Å². The van der Waals surface area contributed by atoms with E-state index in [0.29, 0.717) is 22.5 Å². The van der Waals surface area contributed by atoms with Gasteiger partial charge in [-0.1, -0.05) is 0 Å². The highest BCUT2D eigenvalue weighted by Crippen LogP contribution is 2.45. The van der Waals surface area contributed by atoms with E-state index in [0.717, 1.165) is 11.1 Å². The van der Waals surface area contributed by atoms with E-state index in [4.69, 9.17) is 0 Å². The van der Waals surface area contributed by atoms with Crippen LogP contribution in [0.3, 0.4) is 0 Å². The first-order valence-corrected chi connectivity index (χ1v) is 8.60. The average molecular weight is 328 g/mol. The van der Waals surface area contributed by atoms with Crippen molar-refractivity contribution in [3.63, 3.8) is 0 Å². The molecule has 4 nitrogen and oxygen atoms in total. The van der Waals surface area contributed by atoms with Gasteiger partial charge in [0.2, 0.25) is 0 Å². The summed E-state index contributed by atoms with van der Waals surface area (Å²) >= 11 is 3.11. The molecule has 0 saturated carbocycles. The summed E-state index contributed by atoms with van der Waals surface area (Å²) < 4.78 is 0. The SMILES string of the molecule is CN1C(=O)C2=C(c3ccsc3)N(C)C(=O)C2=C1c1ccsc1. The van der Waals surface area contributed by atoms with Gasteiger partial charge in [0.1, 0.15) is 0 Å². The number of rotatable bonds is 2. The van der Waals surface area contributed by atoms with E-state index in [1.165, 1.54) is 0 Å². The molecule has 4 heterocycles. The van der Waals surface area contributed by atoms with Crippen molar-refractivity contribution in [2.24, 2.45) is 0 Å². The summed E-state index contributed by atoms with van der Waals surface area (Å²) in [5.41, 5.74) is 4.30. The van der Waals surface area contributed by atoms with Gasteiger partial charge in [0.05, 0.1) is 22.5 Å². The lowest BCUT2D eigenvalue weighted by Crippen LogP contribution is -2.24. The van der Waals surface area contributed by atoms with Crippen molar-refractivity contribution in [3.05, 3.63) is 55.9 Å². The van der Waals surface area contributed by atoms with E-state index in [9.17, 15) is 9.59 Å². The van der Waals surface area contributed by atoms with Crippen LogP contribution in [-0.2, 0) is 9.59 Å². The number of nitrogens with zero attached hydrogens (tertiary/aromatic N) is 2. The standard InChI is InChI=1S/C16H12N2O2S2/c1-17-13(9-3-5-21-7-9)11-12(15(17)19)14(18(2)16(11)20)10-4-6-22-8-10/h3-8H,1-2H3. The minimum Gasteiger partial charge on any atom is -0.310 e. The molecule has 0 bridgehead atoms. The van der Waals surface area contributed by atoms with E-state index in [-0.39, 0.29) is 11.8 Å². The van der Waals surface area contributed by atoms with Gasteiger partial charge in [0, 0.05) is 36.0 Å². The lowest BCUT2D eigenvalue weighted by molar-refractivity contribution is -0.123. The molecule has 4 rings (SSSR count). The maximum Gasteiger partial charge on any atom is 0.261 e. The Hall–Kier alpha value is -2.18. The molecular formula is C16H12N2O2S2. The Morgan fingerprint density at radius 2 is 1.18 bits per heavy atom. The van der Waals surface area contributed by atoms with Crippen molar-refractivity contribution < 1.29 is 9.59 Å². The average Bonchev–Trinajstić information content (AvgIpc) is 3.25. The molecule has 2 aromatic heterocycles. The Labute approximate surface area is 135 Å². The Morgan fingerprint density at radius 3 is 1.50 bits per heavy atom. The van der Waals surface area contributed by atoms with Crippen molar-refractivity contribution in [2.45, 2.75) is 0 Å². The van der Waals surface area contributed by atoms with Crippen LogP contribution in [0.25, 0.3) is 11.4 Å². The third kappa shape index (κ3) is 1.62. The zero-order valence-electron chi connectivity index (χ0n) is 12.0. The number of carbonyl (C=O) groups excluding carboxylic acids is 2. The number of amides is 2. The highest BCUT2D eigenvalue weighted by Gasteiger charge is 2.46. The smallest absolute Gasteiger partial charge is 0.261 e. The Balaban J connectivity index is 2.03. The Bertz CT molecular complexity index is 773. The molecule has 2 amide bonds. The normalized spacial score (nSPS) is 18.1. The van der Waals surface area contributed by atoms with Gasteiger partial charge < -0.3 is 9.80 Å².